The molecule has 0 bridgehead atoms. The first kappa shape index (κ1) is 12.6. The van der Waals surface area contributed by atoms with Gasteiger partial charge in [-0.25, -0.2) is 13.6 Å². The van der Waals surface area contributed by atoms with E-state index < -0.39 is 21.4 Å². The van der Waals surface area contributed by atoms with E-state index in [4.69, 9.17) is 9.88 Å². The minimum atomic E-state index is -3.52. The van der Waals surface area contributed by atoms with Gasteiger partial charge in [-0.2, -0.15) is 0 Å². The molecule has 0 heterocycles. The molecule has 0 saturated carbocycles. The average molecular weight is 207 g/mol. The van der Waals surface area contributed by atoms with Crippen molar-refractivity contribution in [3.8, 4) is 0 Å². The van der Waals surface area contributed by atoms with E-state index in [-0.39, 0.29) is 0 Å². The molecule has 0 aliphatic carbocycles. The fourth-order valence-corrected chi connectivity index (χ4v) is 2.38. The van der Waals surface area contributed by atoms with Crippen molar-refractivity contribution >= 4 is 10.0 Å². The molecule has 0 saturated heterocycles. The third kappa shape index (κ3) is 3.89. The van der Waals surface area contributed by atoms with Crippen LogP contribution in [0.25, 0.3) is 0 Å². The Morgan fingerprint density at radius 3 is 2.38 bits per heavy atom. The van der Waals surface area contributed by atoms with Gasteiger partial charge in [0.05, 0.1) is 6.10 Å². The van der Waals surface area contributed by atoms with E-state index in [1.807, 2.05) is 0 Å². The van der Waals surface area contributed by atoms with Crippen LogP contribution >= 0.6 is 0 Å². The van der Waals surface area contributed by atoms with Gasteiger partial charge in [-0.3, -0.25) is 0 Å². The van der Waals surface area contributed by atoms with Crippen molar-refractivity contribution in [2.45, 2.75) is 31.1 Å². The van der Waals surface area contributed by atoms with E-state index >= 15 is 0 Å². The smallest absolute Gasteiger partial charge is 0.214 e. The molecule has 78 valence electrons. The van der Waals surface area contributed by atoms with Crippen molar-refractivity contribution in [1.82, 2.24) is 0 Å². The number of methoxy groups -OCH3 is 1. The molecule has 2 N–H and O–H groups in total. The van der Waals surface area contributed by atoms with E-state index in [9.17, 15) is 8.42 Å². The second kappa shape index (κ2) is 5.36. The molecule has 0 aromatic carbocycles. The van der Waals surface area contributed by atoms with Crippen LogP contribution in [0, 0.1) is 0 Å². The Kier molecular flexibility index (Phi) is 5.20. The highest BCUT2D eigenvalue weighted by Gasteiger charge is 2.28. The summed E-state index contributed by atoms with van der Waals surface area (Å²) in [5, 5.41) is 4.41. The van der Waals surface area contributed by atoms with Crippen LogP contribution in [0.5, 0.6) is 0 Å². The van der Waals surface area contributed by atoms with Gasteiger partial charge in [0.15, 0.2) is 0 Å². The average Bonchev–Trinajstić information content (AvgIpc) is 2.01. The van der Waals surface area contributed by atoms with E-state index in [1.165, 1.54) is 7.11 Å². The number of sulfonamides is 1. The zero-order chi connectivity index (χ0) is 10.5. The van der Waals surface area contributed by atoms with Gasteiger partial charge in [0, 0.05) is 7.11 Å². The van der Waals surface area contributed by atoms with Crippen molar-refractivity contribution < 1.29 is 13.2 Å². The summed E-state index contributed by atoms with van der Waals surface area (Å²) in [4.78, 5) is 0. The number of nitrogens with two attached hydrogens (primary N) is 1. The van der Waals surface area contributed by atoms with Gasteiger partial charge >= 0.3 is 0 Å². The molecule has 0 aromatic rings. The van der Waals surface area contributed by atoms with Crippen LogP contribution in [-0.4, -0.2) is 26.9 Å². The third-order valence-electron chi connectivity index (χ3n) is 1.94. The van der Waals surface area contributed by atoms with Crippen molar-refractivity contribution in [2.24, 2.45) is 5.14 Å². The second-order valence-electron chi connectivity index (χ2n) is 2.83. The Balaban J connectivity index is 4.62. The van der Waals surface area contributed by atoms with Gasteiger partial charge in [0.1, 0.15) is 5.25 Å². The highest BCUT2D eigenvalue weighted by atomic mass is 32.2. The summed E-state index contributed by atoms with van der Waals surface area (Å²) in [6.07, 6.45) is 2.18. The highest BCUT2D eigenvalue weighted by Crippen LogP contribution is 2.13. The number of hydrogen-bond acceptors (Lipinski definition) is 3. The standard InChI is InChI=1S/C8H17NO3S/c1-4-6-7(12-3)8(5-2)13(9,10)11/h4,7-8H,1,5-6H2,2-3H3,(H2,9,10,11)/t7-,8+/m1/s1. The normalized spacial score (nSPS) is 16.5. The second-order valence-corrected chi connectivity index (χ2v) is 4.62. The van der Waals surface area contributed by atoms with Crippen LogP contribution in [0.3, 0.4) is 0 Å². The zero-order valence-electron chi connectivity index (χ0n) is 8.06. The Labute approximate surface area is 79.8 Å². The van der Waals surface area contributed by atoms with Gasteiger partial charge in [0.2, 0.25) is 10.0 Å². The molecule has 0 aliphatic rings. The zero-order valence-corrected chi connectivity index (χ0v) is 8.88. The lowest BCUT2D eigenvalue weighted by molar-refractivity contribution is 0.0996. The molecule has 13 heavy (non-hydrogen) atoms. The molecule has 0 aromatic heterocycles. The lowest BCUT2D eigenvalue weighted by Gasteiger charge is -2.21. The maximum atomic E-state index is 11.1. The molecule has 4 nitrogen and oxygen atoms in total. The molecule has 0 amide bonds. The lowest BCUT2D eigenvalue weighted by atomic mass is 10.1. The number of ether oxygens (including phenoxy) is 1. The number of primary sulfonamides is 1. The summed E-state index contributed by atoms with van der Waals surface area (Å²) in [7, 11) is -2.05. The summed E-state index contributed by atoms with van der Waals surface area (Å²) in [5.74, 6) is 0. The van der Waals surface area contributed by atoms with E-state index in [0.29, 0.717) is 12.8 Å². The monoisotopic (exact) mass is 207 g/mol. The summed E-state index contributed by atoms with van der Waals surface area (Å²) in [6.45, 7) is 5.30. The molecular formula is C8H17NO3S. The maximum Gasteiger partial charge on any atom is 0.214 e. The lowest BCUT2D eigenvalue weighted by Crippen LogP contribution is -2.39. The molecule has 0 spiro atoms. The third-order valence-corrected chi connectivity index (χ3v) is 3.42. The van der Waals surface area contributed by atoms with Gasteiger partial charge in [-0.1, -0.05) is 13.0 Å². The van der Waals surface area contributed by atoms with Gasteiger partial charge in [0.25, 0.3) is 0 Å². The van der Waals surface area contributed by atoms with Gasteiger partial charge in [-0.15, -0.1) is 6.58 Å². The fourth-order valence-electron chi connectivity index (χ4n) is 1.27. The first-order valence-corrected chi connectivity index (χ1v) is 5.73. The highest BCUT2D eigenvalue weighted by molar-refractivity contribution is 7.89. The molecule has 0 unspecified atom stereocenters. The summed E-state index contributed by atoms with van der Waals surface area (Å²) < 4.78 is 27.2. The summed E-state index contributed by atoms with van der Waals surface area (Å²) in [6, 6.07) is 0. The first-order chi connectivity index (χ1) is 5.97. The Morgan fingerprint density at radius 1 is 1.62 bits per heavy atom. The van der Waals surface area contributed by atoms with E-state index in [0.717, 1.165) is 0 Å². The topological polar surface area (TPSA) is 69.4 Å². The largest absolute Gasteiger partial charge is 0.380 e. The van der Waals surface area contributed by atoms with Crippen LogP contribution in [0.2, 0.25) is 0 Å². The van der Waals surface area contributed by atoms with E-state index in [1.54, 1.807) is 13.0 Å². The Hall–Kier alpha value is -0.390. The fraction of sp³-hybridized carbons (Fsp3) is 0.750. The minimum absolute atomic E-state index is 0.391. The molecule has 0 rings (SSSR count). The number of rotatable bonds is 6. The predicted molar refractivity (Wildman–Crippen MR) is 52.8 cm³/mol. The molecular weight excluding hydrogens is 190 g/mol. The summed E-state index contributed by atoms with van der Waals surface area (Å²) in [5.41, 5.74) is 0. The van der Waals surface area contributed by atoms with Crippen LogP contribution in [0.1, 0.15) is 19.8 Å². The van der Waals surface area contributed by atoms with Crippen LogP contribution < -0.4 is 5.14 Å². The Bertz CT molecular complexity index is 248. The molecule has 0 aliphatic heterocycles. The maximum absolute atomic E-state index is 11.1. The first-order valence-electron chi connectivity index (χ1n) is 4.12. The van der Waals surface area contributed by atoms with Crippen molar-refractivity contribution in [3.63, 3.8) is 0 Å². The molecule has 0 fully saturated rings. The molecule has 5 heteroatoms. The van der Waals surface area contributed by atoms with Crippen molar-refractivity contribution in [1.29, 1.82) is 0 Å². The van der Waals surface area contributed by atoms with Gasteiger partial charge < -0.3 is 4.74 Å². The van der Waals surface area contributed by atoms with Crippen LogP contribution in [0.15, 0.2) is 12.7 Å². The summed E-state index contributed by atoms with van der Waals surface area (Å²) >= 11 is 0. The molecule has 0 radical (unpaired) electrons. The predicted octanol–water partition coefficient (Wildman–Crippen LogP) is 0.645. The van der Waals surface area contributed by atoms with Crippen LogP contribution in [-0.2, 0) is 14.8 Å². The quantitative estimate of drug-likeness (QED) is 0.650. The molecule has 2 atom stereocenters. The SMILES string of the molecule is C=CC[C@@H](OC)[C@H](CC)S(N)(=O)=O. The van der Waals surface area contributed by atoms with Crippen molar-refractivity contribution in [3.05, 3.63) is 12.7 Å². The minimum Gasteiger partial charge on any atom is -0.380 e. The Morgan fingerprint density at radius 2 is 2.15 bits per heavy atom. The van der Waals surface area contributed by atoms with E-state index in [2.05, 4.69) is 6.58 Å². The van der Waals surface area contributed by atoms with Crippen LogP contribution in [0.4, 0.5) is 0 Å². The van der Waals surface area contributed by atoms with Crippen molar-refractivity contribution in [2.75, 3.05) is 7.11 Å². The number of hydrogen-bond donors (Lipinski definition) is 1. The van der Waals surface area contributed by atoms with Gasteiger partial charge in [-0.05, 0) is 12.8 Å².